The number of nitriles is 1. The van der Waals surface area contributed by atoms with Crippen LogP contribution in [0, 0.1) is 17.2 Å². The second kappa shape index (κ2) is 9.69. The molecule has 1 aliphatic carbocycles. The Kier molecular flexibility index (Phi) is 6.32. The van der Waals surface area contributed by atoms with Crippen molar-refractivity contribution in [1.29, 1.82) is 5.26 Å². The fraction of sp³-hybridized carbons (Fsp3) is 0.320. The molecule has 0 radical (unpaired) electrons. The maximum atomic E-state index is 12.9. The number of hydrogen-bond donors (Lipinski definition) is 1. The minimum atomic E-state index is -0.234. The average molecular weight is 473 g/mol. The Bertz CT molecular complexity index is 1360. The molecule has 1 aliphatic rings. The van der Waals surface area contributed by atoms with Gasteiger partial charge in [0.2, 0.25) is 11.7 Å². The quantitative estimate of drug-likeness (QED) is 0.372. The molecular formula is C25H24N6O2S. The van der Waals surface area contributed by atoms with Gasteiger partial charge in [-0.05, 0) is 43.0 Å². The normalized spacial score (nSPS) is 18.0. The van der Waals surface area contributed by atoms with Crippen LogP contribution in [-0.4, -0.2) is 31.4 Å². The van der Waals surface area contributed by atoms with Crippen molar-refractivity contribution < 1.29 is 9.21 Å². The molecule has 1 aromatic carbocycles. The van der Waals surface area contributed by atoms with E-state index in [0.29, 0.717) is 27.7 Å². The fourth-order valence-electron chi connectivity index (χ4n) is 4.60. The summed E-state index contributed by atoms with van der Waals surface area (Å²) in [4.78, 5) is 17.1. The molecule has 0 bridgehead atoms. The smallest absolute Gasteiger partial charge is 0.234 e. The molecule has 0 saturated heterocycles. The van der Waals surface area contributed by atoms with E-state index in [-0.39, 0.29) is 23.5 Å². The van der Waals surface area contributed by atoms with Gasteiger partial charge < -0.3 is 9.73 Å². The first-order chi connectivity index (χ1) is 16.7. The van der Waals surface area contributed by atoms with E-state index >= 15 is 0 Å². The number of carbonyl (C=O) groups excluding carboxylic acids is 1. The number of hydrogen-bond acceptors (Lipinski definition) is 7. The molecule has 5 rings (SSSR count). The highest BCUT2D eigenvalue weighted by atomic mass is 32.2. The lowest BCUT2D eigenvalue weighted by molar-refractivity contribution is -0.113. The number of aromatic nitrogens is 4. The summed E-state index contributed by atoms with van der Waals surface area (Å²) < 4.78 is 7.75. The van der Waals surface area contributed by atoms with E-state index < -0.39 is 0 Å². The lowest BCUT2D eigenvalue weighted by Gasteiger charge is -2.31. The maximum absolute atomic E-state index is 12.9. The summed E-state index contributed by atoms with van der Waals surface area (Å²) in [5.41, 5.74) is 1.88. The summed E-state index contributed by atoms with van der Waals surface area (Å²) in [6.45, 7) is 2.27. The molecule has 4 aromatic rings. The molecule has 1 fully saturated rings. The molecule has 172 valence electrons. The Balaban J connectivity index is 1.39. The summed E-state index contributed by atoms with van der Waals surface area (Å²) in [5.74, 6) is 1.27. The van der Waals surface area contributed by atoms with Gasteiger partial charge in [-0.15, -0.1) is 10.2 Å². The van der Waals surface area contributed by atoms with Crippen molar-refractivity contribution in [3.63, 3.8) is 0 Å². The summed E-state index contributed by atoms with van der Waals surface area (Å²) >= 11 is 1.35. The Morgan fingerprint density at radius 2 is 2.09 bits per heavy atom. The van der Waals surface area contributed by atoms with Crippen molar-refractivity contribution in [2.24, 2.45) is 5.92 Å². The first kappa shape index (κ1) is 22.2. The molecule has 9 heteroatoms. The number of para-hydroxylation sites is 1. The van der Waals surface area contributed by atoms with Crippen LogP contribution in [0.2, 0.25) is 0 Å². The number of rotatable bonds is 6. The molecule has 1 N–H and O–H groups in total. The van der Waals surface area contributed by atoms with Gasteiger partial charge in [0.15, 0.2) is 11.0 Å². The van der Waals surface area contributed by atoms with Crippen molar-refractivity contribution in [2.75, 3.05) is 11.1 Å². The van der Waals surface area contributed by atoms with E-state index in [9.17, 15) is 10.1 Å². The van der Waals surface area contributed by atoms with Gasteiger partial charge >= 0.3 is 0 Å². The van der Waals surface area contributed by atoms with Crippen molar-refractivity contribution in [3.8, 4) is 17.5 Å². The van der Waals surface area contributed by atoms with Gasteiger partial charge in [0, 0.05) is 29.4 Å². The largest absolute Gasteiger partial charge is 0.443 e. The highest BCUT2D eigenvalue weighted by Gasteiger charge is 2.29. The number of pyridine rings is 1. The molecule has 0 aliphatic heterocycles. The summed E-state index contributed by atoms with van der Waals surface area (Å²) in [6, 6.07) is 13.4. The fourth-order valence-corrected chi connectivity index (χ4v) is 5.39. The van der Waals surface area contributed by atoms with Gasteiger partial charge in [0.05, 0.1) is 5.75 Å². The van der Waals surface area contributed by atoms with Crippen LogP contribution in [-0.2, 0) is 4.79 Å². The number of fused-ring (bicyclic) bond motifs is 1. The van der Waals surface area contributed by atoms with E-state index in [0.717, 1.165) is 30.7 Å². The molecule has 8 nitrogen and oxygen atoms in total. The van der Waals surface area contributed by atoms with Crippen LogP contribution in [0.25, 0.3) is 22.4 Å². The molecule has 2 atom stereocenters. The minimum Gasteiger partial charge on any atom is -0.443 e. The molecule has 3 heterocycles. The van der Waals surface area contributed by atoms with E-state index in [1.807, 2.05) is 36.4 Å². The van der Waals surface area contributed by atoms with E-state index in [2.05, 4.69) is 32.0 Å². The highest BCUT2D eigenvalue weighted by molar-refractivity contribution is 7.99. The van der Waals surface area contributed by atoms with Crippen molar-refractivity contribution in [3.05, 3.63) is 54.6 Å². The molecule has 1 saturated carbocycles. The standard InChI is InChI=1S/C25H24N6O2S/c1-16-7-2-4-10-19(16)31-24(17-8-6-12-27-14-17)29-30-25(31)34-15-22(32)28-23-18-9-3-5-11-20(18)33-21(23)13-26/h3,5-6,8-9,11-12,14,16,19H,2,4,7,10,15H2,1H3,(H,28,32). The van der Waals surface area contributed by atoms with Crippen LogP contribution >= 0.6 is 11.8 Å². The number of furan rings is 1. The van der Waals surface area contributed by atoms with Gasteiger partial charge in [-0.2, -0.15) is 5.26 Å². The first-order valence-electron chi connectivity index (χ1n) is 11.3. The van der Waals surface area contributed by atoms with Gasteiger partial charge in [0.1, 0.15) is 17.3 Å². The highest BCUT2D eigenvalue weighted by Crippen LogP contribution is 2.39. The van der Waals surface area contributed by atoms with Gasteiger partial charge in [-0.1, -0.05) is 43.7 Å². The number of thioether (sulfide) groups is 1. The molecule has 3 aromatic heterocycles. The first-order valence-corrected chi connectivity index (χ1v) is 12.3. The Morgan fingerprint density at radius 3 is 2.88 bits per heavy atom. The zero-order chi connectivity index (χ0) is 23.5. The number of amides is 1. The SMILES string of the molecule is CC1CCCCC1n1c(SCC(=O)Nc2c(C#N)oc3ccccc23)nnc1-c1cccnc1. The monoisotopic (exact) mass is 472 g/mol. The third-order valence-corrected chi connectivity index (χ3v) is 7.22. The third-order valence-electron chi connectivity index (χ3n) is 6.28. The van der Waals surface area contributed by atoms with Crippen LogP contribution < -0.4 is 5.32 Å². The second-order valence-electron chi connectivity index (χ2n) is 8.50. The molecule has 2 unspecified atom stereocenters. The Hall–Kier alpha value is -3.64. The zero-order valence-corrected chi connectivity index (χ0v) is 19.6. The van der Waals surface area contributed by atoms with Crippen LogP contribution in [0.15, 0.2) is 58.4 Å². The predicted molar refractivity (Wildman–Crippen MR) is 130 cm³/mol. The maximum Gasteiger partial charge on any atom is 0.234 e. The van der Waals surface area contributed by atoms with Crippen LogP contribution in [0.1, 0.15) is 44.4 Å². The van der Waals surface area contributed by atoms with Crippen molar-refractivity contribution >= 4 is 34.3 Å². The van der Waals surface area contributed by atoms with E-state index in [1.165, 1.54) is 18.2 Å². The summed E-state index contributed by atoms with van der Waals surface area (Å²) in [6.07, 6.45) is 8.13. The summed E-state index contributed by atoms with van der Waals surface area (Å²) in [5, 5.41) is 22.6. The number of carbonyl (C=O) groups is 1. The number of benzene rings is 1. The van der Waals surface area contributed by atoms with E-state index in [1.54, 1.807) is 18.5 Å². The number of nitrogens with one attached hydrogen (secondary N) is 1. The van der Waals surface area contributed by atoms with Gasteiger partial charge in [-0.25, -0.2) is 0 Å². The Morgan fingerprint density at radius 1 is 1.24 bits per heavy atom. The second-order valence-corrected chi connectivity index (χ2v) is 9.44. The topological polar surface area (TPSA) is 110 Å². The predicted octanol–water partition coefficient (Wildman–Crippen LogP) is 5.44. The van der Waals surface area contributed by atoms with Gasteiger partial charge in [-0.3, -0.25) is 14.3 Å². The van der Waals surface area contributed by atoms with Crippen LogP contribution in [0.5, 0.6) is 0 Å². The number of nitrogens with zero attached hydrogens (tertiary/aromatic N) is 5. The van der Waals surface area contributed by atoms with Gasteiger partial charge in [0.25, 0.3) is 0 Å². The lowest BCUT2D eigenvalue weighted by Crippen LogP contribution is -2.23. The zero-order valence-electron chi connectivity index (χ0n) is 18.8. The molecule has 34 heavy (non-hydrogen) atoms. The van der Waals surface area contributed by atoms with Crippen LogP contribution in [0.4, 0.5) is 5.69 Å². The summed E-state index contributed by atoms with van der Waals surface area (Å²) in [7, 11) is 0. The van der Waals surface area contributed by atoms with E-state index in [4.69, 9.17) is 4.42 Å². The minimum absolute atomic E-state index is 0.0950. The third kappa shape index (κ3) is 4.29. The van der Waals surface area contributed by atoms with Crippen LogP contribution in [0.3, 0.4) is 0 Å². The average Bonchev–Trinajstić information content (AvgIpc) is 3.45. The van der Waals surface area contributed by atoms with Crippen molar-refractivity contribution in [2.45, 2.75) is 43.8 Å². The molecule has 0 spiro atoms. The molecule has 1 amide bonds. The number of anilines is 1. The molecular weight excluding hydrogens is 448 g/mol. The lowest BCUT2D eigenvalue weighted by atomic mass is 9.85. The Labute approximate surface area is 201 Å². The van der Waals surface area contributed by atoms with Crippen molar-refractivity contribution in [1.82, 2.24) is 19.7 Å².